The van der Waals surface area contributed by atoms with Gasteiger partial charge in [0.2, 0.25) is 5.91 Å². The van der Waals surface area contributed by atoms with Crippen LogP contribution in [0.1, 0.15) is 29.8 Å². The summed E-state index contributed by atoms with van der Waals surface area (Å²) in [5.41, 5.74) is 2.98. The number of aromatic nitrogens is 2. The molecular weight excluding hydrogens is 230 g/mol. The monoisotopic (exact) mass is 251 g/mol. The van der Waals surface area contributed by atoms with Crippen molar-refractivity contribution in [2.75, 3.05) is 13.2 Å². The van der Waals surface area contributed by atoms with Gasteiger partial charge in [0.25, 0.3) is 0 Å². The van der Waals surface area contributed by atoms with Gasteiger partial charge in [0.1, 0.15) is 0 Å². The number of aliphatic hydroxyl groups excluding tert-OH is 1. The average molecular weight is 251 g/mol. The Labute approximate surface area is 107 Å². The standard InChI is InChI=1S/C13H21N3O2/c1-9-12(10(2)15(3)14-9)8-13(18)16(6-7-17)11-4-5-11/h11,17H,4-8H2,1-3H3. The van der Waals surface area contributed by atoms with Gasteiger partial charge in [0.15, 0.2) is 0 Å². The Morgan fingerprint density at radius 1 is 1.50 bits per heavy atom. The van der Waals surface area contributed by atoms with Crippen molar-refractivity contribution >= 4 is 5.91 Å². The predicted molar refractivity (Wildman–Crippen MR) is 68.2 cm³/mol. The van der Waals surface area contributed by atoms with Crippen molar-refractivity contribution in [2.45, 2.75) is 39.2 Å². The molecule has 1 aromatic rings. The highest BCUT2D eigenvalue weighted by molar-refractivity contribution is 5.80. The van der Waals surface area contributed by atoms with Gasteiger partial charge in [-0.15, -0.1) is 0 Å². The maximum absolute atomic E-state index is 12.3. The second-order valence-electron chi connectivity index (χ2n) is 4.99. The molecule has 100 valence electrons. The van der Waals surface area contributed by atoms with Gasteiger partial charge < -0.3 is 10.0 Å². The van der Waals surface area contributed by atoms with Crippen LogP contribution >= 0.6 is 0 Å². The van der Waals surface area contributed by atoms with Gasteiger partial charge in [-0.25, -0.2) is 0 Å². The summed E-state index contributed by atoms with van der Waals surface area (Å²) in [7, 11) is 1.89. The third-order valence-electron chi connectivity index (χ3n) is 3.64. The molecule has 18 heavy (non-hydrogen) atoms. The lowest BCUT2D eigenvalue weighted by Crippen LogP contribution is -2.36. The van der Waals surface area contributed by atoms with Crippen LogP contribution in [-0.4, -0.2) is 44.9 Å². The van der Waals surface area contributed by atoms with E-state index in [-0.39, 0.29) is 12.5 Å². The number of aryl methyl sites for hydroxylation is 2. The zero-order valence-corrected chi connectivity index (χ0v) is 11.3. The van der Waals surface area contributed by atoms with Crippen molar-refractivity contribution in [3.63, 3.8) is 0 Å². The number of hydrogen-bond donors (Lipinski definition) is 1. The van der Waals surface area contributed by atoms with E-state index in [1.165, 1.54) is 0 Å². The molecule has 0 spiro atoms. The quantitative estimate of drug-likeness (QED) is 0.832. The highest BCUT2D eigenvalue weighted by Crippen LogP contribution is 2.27. The smallest absolute Gasteiger partial charge is 0.227 e. The van der Waals surface area contributed by atoms with E-state index in [1.54, 1.807) is 0 Å². The van der Waals surface area contributed by atoms with Crippen LogP contribution in [0.25, 0.3) is 0 Å². The Morgan fingerprint density at radius 2 is 2.17 bits per heavy atom. The number of aliphatic hydroxyl groups is 1. The predicted octanol–water partition coefficient (Wildman–Crippen LogP) is 0.563. The number of carbonyl (C=O) groups is 1. The summed E-state index contributed by atoms with van der Waals surface area (Å²) in [6, 6.07) is 0.349. The van der Waals surface area contributed by atoms with E-state index in [2.05, 4.69) is 5.10 Å². The number of amides is 1. The molecule has 0 unspecified atom stereocenters. The lowest BCUT2D eigenvalue weighted by Gasteiger charge is -2.21. The minimum Gasteiger partial charge on any atom is -0.395 e. The Balaban J connectivity index is 2.09. The molecule has 1 aromatic heterocycles. The van der Waals surface area contributed by atoms with E-state index in [1.807, 2.05) is 30.5 Å². The fourth-order valence-corrected chi connectivity index (χ4v) is 2.33. The van der Waals surface area contributed by atoms with E-state index in [9.17, 15) is 4.79 Å². The largest absolute Gasteiger partial charge is 0.395 e. The number of hydrogen-bond acceptors (Lipinski definition) is 3. The van der Waals surface area contributed by atoms with Gasteiger partial charge in [0, 0.05) is 30.9 Å². The van der Waals surface area contributed by atoms with Crippen molar-refractivity contribution < 1.29 is 9.90 Å². The lowest BCUT2D eigenvalue weighted by atomic mass is 10.1. The van der Waals surface area contributed by atoms with Crippen LogP contribution in [-0.2, 0) is 18.3 Å². The molecule has 0 radical (unpaired) electrons. The van der Waals surface area contributed by atoms with Crippen LogP contribution in [0.3, 0.4) is 0 Å². The first-order valence-electron chi connectivity index (χ1n) is 6.44. The molecule has 0 saturated heterocycles. The summed E-state index contributed by atoms with van der Waals surface area (Å²) in [6.45, 7) is 4.40. The number of carbonyl (C=O) groups excluding carboxylic acids is 1. The van der Waals surface area contributed by atoms with Gasteiger partial charge in [-0.05, 0) is 26.7 Å². The Morgan fingerprint density at radius 3 is 2.61 bits per heavy atom. The molecule has 5 heteroatoms. The summed E-state index contributed by atoms with van der Waals surface area (Å²) in [5, 5.41) is 13.4. The molecule has 1 N–H and O–H groups in total. The van der Waals surface area contributed by atoms with Crippen LogP contribution in [0.15, 0.2) is 0 Å². The average Bonchev–Trinajstić information content (AvgIpc) is 3.12. The molecule has 1 saturated carbocycles. The topological polar surface area (TPSA) is 58.4 Å². The zero-order chi connectivity index (χ0) is 13.3. The minimum absolute atomic E-state index is 0.0350. The summed E-state index contributed by atoms with van der Waals surface area (Å²) < 4.78 is 1.81. The highest BCUT2D eigenvalue weighted by Gasteiger charge is 2.32. The van der Waals surface area contributed by atoms with Crippen molar-refractivity contribution in [2.24, 2.45) is 7.05 Å². The van der Waals surface area contributed by atoms with Crippen LogP contribution < -0.4 is 0 Å². The fraction of sp³-hybridized carbons (Fsp3) is 0.692. The maximum atomic E-state index is 12.3. The molecule has 1 aliphatic rings. The third-order valence-corrected chi connectivity index (χ3v) is 3.64. The molecule has 1 aliphatic carbocycles. The summed E-state index contributed by atoms with van der Waals surface area (Å²) in [4.78, 5) is 14.1. The molecule has 1 fully saturated rings. The molecule has 5 nitrogen and oxygen atoms in total. The van der Waals surface area contributed by atoms with E-state index in [0.717, 1.165) is 29.8 Å². The van der Waals surface area contributed by atoms with Crippen LogP contribution in [0, 0.1) is 13.8 Å². The molecule has 0 atom stereocenters. The fourth-order valence-electron chi connectivity index (χ4n) is 2.33. The molecule has 2 rings (SSSR count). The molecule has 1 amide bonds. The second kappa shape index (κ2) is 5.10. The Kier molecular flexibility index (Phi) is 3.71. The van der Waals surface area contributed by atoms with E-state index >= 15 is 0 Å². The van der Waals surface area contributed by atoms with Gasteiger partial charge in [-0.2, -0.15) is 5.10 Å². The second-order valence-corrected chi connectivity index (χ2v) is 4.99. The van der Waals surface area contributed by atoms with Crippen LogP contribution in [0.4, 0.5) is 0 Å². The van der Waals surface area contributed by atoms with Gasteiger partial charge in [-0.1, -0.05) is 0 Å². The van der Waals surface area contributed by atoms with E-state index < -0.39 is 0 Å². The number of nitrogens with zero attached hydrogens (tertiary/aromatic N) is 3. The number of rotatable bonds is 5. The van der Waals surface area contributed by atoms with Crippen molar-refractivity contribution in [3.05, 3.63) is 17.0 Å². The van der Waals surface area contributed by atoms with Gasteiger partial charge in [0.05, 0.1) is 18.7 Å². The summed E-state index contributed by atoms with van der Waals surface area (Å²) in [6.07, 6.45) is 2.52. The van der Waals surface area contributed by atoms with E-state index in [0.29, 0.717) is 19.0 Å². The maximum Gasteiger partial charge on any atom is 0.227 e. The first-order valence-corrected chi connectivity index (χ1v) is 6.44. The Bertz CT molecular complexity index is 449. The van der Waals surface area contributed by atoms with Gasteiger partial charge >= 0.3 is 0 Å². The minimum atomic E-state index is 0.0350. The van der Waals surface area contributed by atoms with E-state index in [4.69, 9.17) is 5.11 Å². The van der Waals surface area contributed by atoms with Gasteiger partial charge in [-0.3, -0.25) is 9.48 Å². The first-order chi connectivity index (χ1) is 8.54. The molecule has 0 aliphatic heterocycles. The molecule has 0 aromatic carbocycles. The summed E-state index contributed by atoms with van der Waals surface area (Å²) in [5.74, 6) is 0.103. The first kappa shape index (κ1) is 13.1. The Hall–Kier alpha value is -1.36. The van der Waals surface area contributed by atoms with Crippen molar-refractivity contribution in [3.8, 4) is 0 Å². The summed E-state index contributed by atoms with van der Waals surface area (Å²) >= 11 is 0. The van der Waals surface area contributed by atoms with Crippen LogP contribution in [0.5, 0.6) is 0 Å². The van der Waals surface area contributed by atoms with Crippen molar-refractivity contribution in [1.29, 1.82) is 0 Å². The lowest BCUT2D eigenvalue weighted by molar-refractivity contribution is -0.131. The normalized spacial score (nSPS) is 14.9. The molecular formula is C13H21N3O2. The third kappa shape index (κ3) is 2.56. The van der Waals surface area contributed by atoms with Crippen LogP contribution in [0.2, 0.25) is 0 Å². The molecule has 0 bridgehead atoms. The zero-order valence-electron chi connectivity index (χ0n) is 11.3. The highest BCUT2D eigenvalue weighted by atomic mass is 16.3. The molecule has 1 heterocycles. The SMILES string of the molecule is Cc1nn(C)c(C)c1CC(=O)N(CCO)C1CC1. The van der Waals surface area contributed by atoms with Crippen molar-refractivity contribution in [1.82, 2.24) is 14.7 Å².